The van der Waals surface area contributed by atoms with Gasteiger partial charge in [-0.05, 0) is 64.9 Å². The second-order valence-electron chi connectivity index (χ2n) is 7.55. The fourth-order valence-corrected chi connectivity index (χ4v) is 3.74. The number of aryl methyl sites for hydroxylation is 1. The highest BCUT2D eigenvalue weighted by molar-refractivity contribution is 5.92. The van der Waals surface area contributed by atoms with Gasteiger partial charge >= 0.3 is 6.18 Å². The molecule has 0 aliphatic carbocycles. The van der Waals surface area contributed by atoms with Gasteiger partial charge in [0.05, 0.1) is 19.8 Å². The smallest absolute Gasteiger partial charge is 0.416 e. The SMILES string of the molecule is COc1cc2cc(Cc3ccc(C(F)(F)F)cc3)c(C)cc2c(C(C)C)c1OC. The highest BCUT2D eigenvalue weighted by Crippen LogP contribution is 2.42. The molecule has 0 aliphatic rings. The number of rotatable bonds is 5. The topological polar surface area (TPSA) is 18.5 Å². The quantitative estimate of drug-likeness (QED) is 0.462. The van der Waals surface area contributed by atoms with Crippen LogP contribution in [0.5, 0.6) is 11.5 Å². The molecule has 3 aromatic carbocycles. The second kappa shape index (κ2) is 7.97. The molecule has 0 unspecified atom stereocenters. The molecule has 0 amide bonds. The van der Waals surface area contributed by atoms with E-state index in [0.29, 0.717) is 12.2 Å². The highest BCUT2D eigenvalue weighted by atomic mass is 19.4. The van der Waals surface area contributed by atoms with Crippen LogP contribution >= 0.6 is 0 Å². The van der Waals surface area contributed by atoms with Gasteiger partial charge in [-0.3, -0.25) is 0 Å². The molecule has 0 aliphatic heterocycles. The van der Waals surface area contributed by atoms with Crippen LogP contribution in [-0.2, 0) is 12.6 Å². The Kier molecular flexibility index (Phi) is 5.78. The van der Waals surface area contributed by atoms with Crippen molar-refractivity contribution in [1.29, 1.82) is 0 Å². The molecule has 0 aromatic heterocycles. The van der Waals surface area contributed by atoms with Gasteiger partial charge in [0.15, 0.2) is 11.5 Å². The molecule has 0 saturated carbocycles. The van der Waals surface area contributed by atoms with Crippen LogP contribution in [0.1, 0.15) is 47.6 Å². The van der Waals surface area contributed by atoms with Crippen molar-refractivity contribution < 1.29 is 22.6 Å². The minimum Gasteiger partial charge on any atom is -0.493 e. The molecule has 29 heavy (non-hydrogen) atoms. The monoisotopic (exact) mass is 402 g/mol. The summed E-state index contributed by atoms with van der Waals surface area (Å²) in [5.74, 6) is 1.65. The number of halogens is 3. The lowest BCUT2D eigenvalue weighted by atomic mass is 9.90. The van der Waals surface area contributed by atoms with E-state index in [1.165, 1.54) is 0 Å². The summed E-state index contributed by atoms with van der Waals surface area (Å²) in [6.45, 7) is 6.25. The Labute approximate surface area is 169 Å². The molecule has 3 rings (SSSR count). The van der Waals surface area contributed by atoms with E-state index in [9.17, 15) is 13.2 Å². The van der Waals surface area contributed by atoms with E-state index < -0.39 is 11.7 Å². The molecule has 0 N–H and O–H groups in total. The number of alkyl halides is 3. The zero-order valence-corrected chi connectivity index (χ0v) is 17.3. The average molecular weight is 402 g/mol. The Morgan fingerprint density at radius 3 is 2.10 bits per heavy atom. The van der Waals surface area contributed by atoms with Gasteiger partial charge in [0, 0.05) is 5.56 Å². The molecule has 0 spiro atoms. The van der Waals surface area contributed by atoms with Gasteiger partial charge in [-0.1, -0.05) is 38.1 Å². The van der Waals surface area contributed by atoms with Crippen LogP contribution in [0.2, 0.25) is 0 Å². The van der Waals surface area contributed by atoms with Crippen LogP contribution in [-0.4, -0.2) is 14.2 Å². The van der Waals surface area contributed by atoms with Crippen molar-refractivity contribution in [2.75, 3.05) is 14.2 Å². The average Bonchev–Trinajstić information content (AvgIpc) is 2.66. The summed E-state index contributed by atoms with van der Waals surface area (Å²) in [4.78, 5) is 0. The normalized spacial score (nSPS) is 11.9. The van der Waals surface area contributed by atoms with E-state index in [0.717, 1.165) is 50.9 Å². The van der Waals surface area contributed by atoms with E-state index in [4.69, 9.17) is 9.47 Å². The van der Waals surface area contributed by atoms with E-state index in [1.807, 2.05) is 13.0 Å². The molecule has 2 nitrogen and oxygen atoms in total. The van der Waals surface area contributed by atoms with Crippen molar-refractivity contribution in [3.63, 3.8) is 0 Å². The van der Waals surface area contributed by atoms with Crippen LogP contribution < -0.4 is 9.47 Å². The number of fused-ring (bicyclic) bond motifs is 1. The molecule has 0 atom stereocenters. The van der Waals surface area contributed by atoms with Crippen LogP contribution in [0.15, 0.2) is 42.5 Å². The maximum atomic E-state index is 12.8. The van der Waals surface area contributed by atoms with Crippen LogP contribution in [0.3, 0.4) is 0 Å². The summed E-state index contributed by atoms with van der Waals surface area (Å²) in [6, 6.07) is 11.5. The Hall–Kier alpha value is -2.69. The van der Waals surface area contributed by atoms with E-state index in [2.05, 4.69) is 26.0 Å². The van der Waals surface area contributed by atoms with E-state index in [-0.39, 0.29) is 5.92 Å². The fourth-order valence-electron chi connectivity index (χ4n) is 3.74. The van der Waals surface area contributed by atoms with E-state index in [1.54, 1.807) is 26.4 Å². The molecular formula is C24H25F3O2. The first kappa shape index (κ1) is 21.0. The summed E-state index contributed by atoms with van der Waals surface area (Å²) in [6.07, 6.45) is -3.76. The molecule has 0 radical (unpaired) electrons. The first-order chi connectivity index (χ1) is 13.7. The van der Waals surface area contributed by atoms with Crippen molar-refractivity contribution >= 4 is 10.8 Å². The second-order valence-corrected chi connectivity index (χ2v) is 7.55. The third-order valence-corrected chi connectivity index (χ3v) is 5.23. The summed E-state index contributed by atoms with van der Waals surface area (Å²) in [5, 5.41) is 2.13. The number of methoxy groups -OCH3 is 2. The molecule has 0 heterocycles. The van der Waals surface area contributed by atoms with Gasteiger partial charge in [0.25, 0.3) is 0 Å². The van der Waals surface area contributed by atoms with Crippen molar-refractivity contribution in [3.8, 4) is 11.5 Å². The van der Waals surface area contributed by atoms with Gasteiger partial charge in [-0.15, -0.1) is 0 Å². The summed E-state index contributed by atoms with van der Waals surface area (Å²) < 4.78 is 49.6. The Morgan fingerprint density at radius 1 is 0.931 bits per heavy atom. The third kappa shape index (κ3) is 4.19. The zero-order chi connectivity index (χ0) is 21.3. The lowest BCUT2D eigenvalue weighted by molar-refractivity contribution is -0.137. The summed E-state index contributed by atoms with van der Waals surface area (Å²) >= 11 is 0. The predicted octanol–water partition coefficient (Wildman–Crippen LogP) is 6.90. The van der Waals surface area contributed by atoms with Gasteiger partial charge in [-0.25, -0.2) is 0 Å². The molecule has 0 saturated heterocycles. The Bertz CT molecular complexity index is 1020. The fraction of sp³-hybridized carbons (Fsp3) is 0.333. The molecule has 154 valence electrons. The van der Waals surface area contributed by atoms with Crippen LogP contribution in [0.4, 0.5) is 13.2 Å². The lowest BCUT2D eigenvalue weighted by Crippen LogP contribution is -2.04. The minimum absolute atomic E-state index is 0.239. The van der Waals surface area contributed by atoms with Crippen molar-refractivity contribution in [2.45, 2.75) is 39.3 Å². The van der Waals surface area contributed by atoms with Crippen molar-refractivity contribution in [1.82, 2.24) is 0 Å². The molecule has 0 bridgehead atoms. The maximum Gasteiger partial charge on any atom is 0.416 e. The Balaban J connectivity index is 2.07. The number of ether oxygens (including phenoxy) is 2. The van der Waals surface area contributed by atoms with Crippen LogP contribution in [0, 0.1) is 6.92 Å². The summed E-state index contributed by atoms with van der Waals surface area (Å²) in [5.41, 5.74) is 3.46. The zero-order valence-electron chi connectivity index (χ0n) is 17.3. The van der Waals surface area contributed by atoms with E-state index >= 15 is 0 Å². The third-order valence-electron chi connectivity index (χ3n) is 5.23. The minimum atomic E-state index is -4.32. The molecule has 5 heteroatoms. The van der Waals surface area contributed by atoms with Crippen molar-refractivity contribution in [2.24, 2.45) is 0 Å². The van der Waals surface area contributed by atoms with Crippen LogP contribution in [0.25, 0.3) is 10.8 Å². The first-order valence-corrected chi connectivity index (χ1v) is 9.50. The molecule has 0 fully saturated rings. The summed E-state index contributed by atoms with van der Waals surface area (Å²) in [7, 11) is 3.26. The lowest BCUT2D eigenvalue weighted by Gasteiger charge is -2.20. The molecular weight excluding hydrogens is 377 g/mol. The van der Waals surface area contributed by atoms with Gasteiger partial charge in [0.1, 0.15) is 0 Å². The molecule has 3 aromatic rings. The van der Waals surface area contributed by atoms with Gasteiger partial charge < -0.3 is 9.47 Å². The predicted molar refractivity (Wildman–Crippen MR) is 110 cm³/mol. The highest BCUT2D eigenvalue weighted by Gasteiger charge is 2.30. The largest absolute Gasteiger partial charge is 0.493 e. The first-order valence-electron chi connectivity index (χ1n) is 9.50. The Morgan fingerprint density at radius 2 is 1.59 bits per heavy atom. The maximum absolute atomic E-state index is 12.8. The van der Waals surface area contributed by atoms with Crippen molar-refractivity contribution in [3.05, 3.63) is 70.3 Å². The number of benzene rings is 3. The van der Waals surface area contributed by atoms with Gasteiger partial charge in [-0.2, -0.15) is 13.2 Å². The standard InChI is InChI=1S/C24H25F3O2/c1-14(2)22-20-10-15(3)17(12-18(20)13-21(28-4)23(22)29-5)11-16-6-8-19(9-7-16)24(25,26)27/h6-10,12-14H,11H2,1-5H3. The number of hydrogen-bond donors (Lipinski definition) is 0. The van der Waals surface area contributed by atoms with Gasteiger partial charge in [0.2, 0.25) is 0 Å². The number of hydrogen-bond acceptors (Lipinski definition) is 2.